The molecule has 0 spiro atoms. The topological polar surface area (TPSA) is 26.3 Å². The summed E-state index contributed by atoms with van der Waals surface area (Å²) in [6.45, 7) is 0. The monoisotopic (exact) mass is 262 g/mol. The molecule has 0 aliphatic rings. The largest absolute Gasteiger partial charge is 0.469 e. The van der Waals surface area contributed by atoms with Gasteiger partial charge in [-0.25, -0.2) is 8.78 Å². The molecule has 2 rings (SSSR count). The second-order valence-electron chi connectivity index (χ2n) is 4.07. The average Bonchev–Trinajstić information content (AvgIpc) is 2.42. The summed E-state index contributed by atoms with van der Waals surface area (Å²) in [4.78, 5) is 11.1. The molecular formula is C15H12F2O2. The standard InChI is InChI=1S/C15H12F2O2/c1-19-15(18)8-10-2-4-11(5-3-10)13-9-12(16)6-7-14(13)17/h2-7,9H,8H2,1H3. The molecule has 2 nitrogen and oxygen atoms in total. The van der Waals surface area contributed by atoms with Crippen molar-refractivity contribution in [1.29, 1.82) is 0 Å². The van der Waals surface area contributed by atoms with Crippen molar-refractivity contribution in [2.45, 2.75) is 6.42 Å². The number of hydrogen-bond acceptors (Lipinski definition) is 2. The Balaban J connectivity index is 2.27. The zero-order valence-corrected chi connectivity index (χ0v) is 10.3. The molecule has 98 valence electrons. The van der Waals surface area contributed by atoms with Gasteiger partial charge in [0.05, 0.1) is 13.5 Å². The maximum Gasteiger partial charge on any atom is 0.309 e. The molecule has 19 heavy (non-hydrogen) atoms. The lowest BCUT2D eigenvalue weighted by atomic mass is 10.0. The molecule has 2 aromatic rings. The molecule has 0 amide bonds. The smallest absolute Gasteiger partial charge is 0.309 e. The van der Waals surface area contributed by atoms with Crippen LogP contribution in [0.4, 0.5) is 8.78 Å². The number of halogens is 2. The van der Waals surface area contributed by atoms with Crippen molar-refractivity contribution < 1.29 is 18.3 Å². The number of methoxy groups -OCH3 is 1. The molecule has 0 fully saturated rings. The zero-order chi connectivity index (χ0) is 13.8. The van der Waals surface area contributed by atoms with E-state index in [1.165, 1.54) is 7.11 Å². The van der Waals surface area contributed by atoms with Gasteiger partial charge in [0.1, 0.15) is 11.6 Å². The van der Waals surface area contributed by atoms with Gasteiger partial charge in [-0.3, -0.25) is 4.79 Å². The summed E-state index contributed by atoms with van der Waals surface area (Å²) in [5.74, 6) is -1.32. The summed E-state index contributed by atoms with van der Waals surface area (Å²) in [5.41, 5.74) is 1.52. The first-order valence-electron chi connectivity index (χ1n) is 5.71. The third kappa shape index (κ3) is 3.16. The Morgan fingerprint density at radius 2 is 1.79 bits per heavy atom. The van der Waals surface area contributed by atoms with E-state index in [4.69, 9.17) is 0 Å². The fraction of sp³-hybridized carbons (Fsp3) is 0.133. The highest BCUT2D eigenvalue weighted by Crippen LogP contribution is 2.24. The fourth-order valence-electron chi connectivity index (χ4n) is 1.76. The maximum absolute atomic E-state index is 13.6. The Hall–Kier alpha value is -2.23. The van der Waals surface area contributed by atoms with Gasteiger partial charge in [0, 0.05) is 5.56 Å². The summed E-state index contributed by atoms with van der Waals surface area (Å²) in [6, 6.07) is 9.99. The molecule has 2 aromatic carbocycles. The normalized spacial score (nSPS) is 10.3. The van der Waals surface area contributed by atoms with Crippen LogP contribution >= 0.6 is 0 Å². The van der Waals surface area contributed by atoms with Crippen molar-refractivity contribution in [3.05, 3.63) is 59.7 Å². The van der Waals surface area contributed by atoms with Crippen LogP contribution in [0.5, 0.6) is 0 Å². The minimum atomic E-state index is -0.491. The summed E-state index contributed by atoms with van der Waals surface area (Å²) in [5, 5.41) is 0. The molecule has 0 saturated heterocycles. The van der Waals surface area contributed by atoms with E-state index in [1.54, 1.807) is 24.3 Å². The molecule has 0 aliphatic heterocycles. The van der Waals surface area contributed by atoms with Crippen molar-refractivity contribution in [3.63, 3.8) is 0 Å². The molecular weight excluding hydrogens is 250 g/mol. The zero-order valence-electron chi connectivity index (χ0n) is 10.3. The van der Waals surface area contributed by atoms with E-state index in [2.05, 4.69) is 4.74 Å². The number of ether oxygens (including phenoxy) is 1. The highest BCUT2D eigenvalue weighted by Gasteiger charge is 2.07. The second-order valence-corrected chi connectivity index (χ2v) is 4.07. The number of rotatable bonds is 3. The van der Waals surface area contributed by atoms with Crippen LogP contribution in [-0.2, 0) is 16.0 Å². The maximum atomic E-state index is 13.6. The Labute approximate surface area is 109 Å². The molecule has 0 bridgehead atoms. The van der Waals surface area contributed by atoms with Gasteiger partial charge in [-0.15, -0.1) is 0 Å². The predicted molar refractivity (Wildman–Crippen MR) is 67.5 cm³/mol. The number of esters is 1. The third-order valence-corrected chi connectivity index (χ3v) is 2.77. The first-order chi connectivity index (χ1) is 9.10. The summed E-state index contributed by atoms with van der Waals surface area (Å²) in [7, 11) is 1.32. The van der Waals surface area contributed by atoms with Crippen LogP contribution in [0.3, 0.4) is 0 Å². The van der Waals surface area contributed by atoms with Gasteiger partial charge in [0.25, 0.3) is 0 Å². The number of benzene rings is 2. The quantitative estimate of drug-likeness (QED) is 0.793. The highest BCUT2D eigenvalue weighted by atomic mass is 19.1. The first-order valence-corrected chi connectivity index (χ1v) is 5.71. The lowest BCUT2D eigenvalue weighted by Crippen LogP contribution is -2.04. The van der Waals surface area contributed by atoms with Gasteiger partial charge in [-0.2, -0.15) is 0 Å². The Bertz CT molecular complexity index is 592. The lowest BCUT2D eigenvalue weighted by molar-refractivity contribution is -0.139. The van der Waals surface area contributed by atoms with Crippen molar-refractivity contribution >= 4 is 5.97 Å². The Morgan fingerprint density at radius 3 is 2.42 bits per heavy atom. The van der Waals surface area contributed by atoms with Crippen molar-refractivity contribution in [1.82, 2.24) is 0 Å². The molecule has 0 unspecified atom stereocenters. The van der Waals surface area contributed by atoms with Gasteiger partial charge in [0.2, 0.25) is 0 Å². The number of carbonyl (C=O) groups excluding carboxylic acids is 1. The van der Waals surface area contributed by atoms with Gasteiger partial charge < -0.3 is 4.74 Å². The second kappa shape index (κ2) is 5.61. The molecule has 0 atom stereocenters. The van der Waals surface area contributed by atoms with Crippen molar-refractivity contribution in [2.75, 3.05) is 7.11 Å². The molecule has 0 aliphatic carbocycles. The van der Waals surface area contributed by atoms with Gasteiger partial charge in [0.15, 0.2) is 0 Å². The highest BCUT2D eigenvalue weighted by molar-refractivity contribution is 5.73. The molecule has 0 aromatic heterocycles. The van der Waals surface area contributed by atoms with Crippen molar-refractivity contribution in [2.24, 2.45) is 0 Å². The number of carbonyl (C=O) groups is 1. The van der Waals surface area contributed by atoms with Crippen LogP contribution < -0.4 is 0 Å². The van der Waals surface area contributed by atoms with E-state index in [-0.39, 0.29) is 18.0 Å². The van der Waals surface area contributed by atoms with Crippen LogP contribution in [-0.4, -0.2) is 13.1 Å². The molecule has 0 radical (unpaired) electrons. The summed E-state index contributed by atoms with van der Waals surface area (Å²) < 4.78 is 31.2. The first kappa shape index (κ1) is 13.2. The minimum absolute atomic E-state index is 0.155. The van der Waals surface area contributed by atoms with E-state index < -0.39 is 11.6 Å². The SMILES string of the molecule is COC(=O)Cc1ccc(-c2cc(F)ccc2F)cc1. The van der Waals surface area contributed by atoms with E-state index >= 15 is 0 Å². The fourth-order valence-corrected chi connectivity index (χ4v) is 1.76. The lowest BCUT2D eigenvalue weighted by Gasteiger charge is -2.05. The molecule has 0 saturated carbocycles. The molecule has 0 heterocycles. The van der Waals surface area contributed by atoms with E-state index in [0.717, 1.165) is 23.8 Å². The average molecular weight is 262 g/mol. The minimum Gasteiger partial charge on any atom is -0.469 e. The van der Waals surface area contributed by atoms with Crippen LogP contribution in [0.1, 0.15) is 5.56 Å². The van der Waals surface area contributed by atoms with Crippen LogP contribution in [0.15, 0.2) is 42.5 Å². The van der Waals surface area contributed by atoms with E-state index in [1.807, 2.05) is 0 Å². The number of hydrogen-bond donors (Lipinski definition) is 0. The Kier molecular flexibility index (Phi) is 3.90. The van der Waals surface area contributed by atoms with Crippen LogP contribution in [0.2, 0.25) is 0 Å². The summed E-state index contributed by atoms with van der Waals surface area (Å²) in [6.07, 6.45) is 0.155. The Morgan fingerprint density at radius 1 is 1.11 bits per heavy atom. The van der Waals surface area contributed by atoms with E-state index in [0.29, 0.717) is 5.56 Å². The van der Waals surface area contributed by atoms with Gasteiger partial charge in [-0.05, 0) is 29.3 Å². The molecule has 0 N–H and O–H groups in total. The van der Waals surface area contributed by atoms with Crippen molar-refractivity contribution in [3.8, 4) is 11.1 Å². The summed E-state index contributed by atoms with van der Waals surface area (Å²) >= 11 is 0. The van der Waals surface area contributed by atoms with Crippen LogP contribution in [0, 0.1) is 11.6 Å². The predicted octanol–water partition coefficient (Wildman–Crippen LogP) is 3.35. The van der Waals surface area contributed by atoms with E-state index in [9.17, 15) is 13.6 Å². The van der Waals surface area contributed by atoms with Gasteiger partial charge in [-0.1, -0.05) is 24.3 Å². The van der Waals surface area contributed by atoms with Gasteiger partial charge >= 0.3 is 5.97 Å². The van der Waals surface area contributed by atoms with Crippen LogP contribution in [0.25, 0.3) is 11.1 Å². The molecule has 4 heteroatoms. The third-order valence-electron chi connectivity index (χ3n) is 2.77.